The number of aromatic nitrogens is 1. The third-order valence-corrected chi connectivity index (χ3v) is 3.71. The van der Waals surface area contributed by atoms with Crippen LogP contribution in [-0.4, -0.2) is 36.0 Å². The molecule has 2 rings (SSSR count). The number of alkyl halides is 2. The van der Waals surface area contributed by atoms with E-state index >= 15 is 0 Å². The van der Waals surface area contributed by atoms with Gasteiger partial charge in [-0.2, -0.15) is 8.78 Å². The van der Waals surface area contributed by atoms with Gasteiger partial charge in [-0.3, -0.25) is 14.9 Å². The van der Waals surface area contributed by atoms with Crippen molar-refractivity contribution in [2.45, 2.75) is 20.5 Å². The van der Waals surface area contributed by atoms with Gasteiger partial charge in [0.1, 0.15) is 10.9 Å². The first-order valence-corrected chi connectivity index (χ1v) is 8.25. The molecule has 0 saturated heterocycles. The van der Waals surface area contributed by atoms with E-state index < -0.39 is 31.0 Å². The van der Waals surface area contributed by atoms with Gasteiger partial charge in [-0.25, -0.2) is 9.78 Å². The number of rotatable bonds is 6. The van der Waals surface area contributed by atoms with Crippen LogP contribution in [0.1, 0.15) is 32.0 Å². The highest BCUT2D eigenvalue weighted by atomic mass is 35.5. The molecule has 28 heavy (non-hydrogen) atoms. The van der Waals surface area contributed by atoms with Crippen molar-refractivity contribution in [3.05, 3.63) is 57.9 Å². The highest BCUT2D eigenvalue weighted by Gasteiger charge is 2.19. The van der Waals surface area contributed by atoms with Crippen molar-refractivity contribution in [2.24, 2.45) is 0 Å². The summed E-state index contributed by atoms with van der Waals surface area (Å²) in [5.74, 6) is -2.66. The normalized spacial score (nSPS) is 10.5. The second-order valence-corrected chi connectivity index (χ2v) is 5.96. The molecule has 0 aliphatic heterocycles. The average Bonchev–Trinajstić information content (AvgIpc) is 2.59. The lowest BCUT2D eigenvalue weighted by atomic mass is 10.1. The molecule has 0 aliphatic carbocycles. The summed E-state index contributed by atoms with van der Waals surface area (Å²) in [6, 6.07) is 6.34. The number of nitrogens with zero attached hydrogens (tertiary/aromatic N) is 1. The number of aryl methyl sites for hydroxylation is 2. The van der Waals surface area contributed by atoms with Gasteiger partial charge in [-0.15, -0.1) is 0 Å². The Morgan fingerprint density at radius 1 is 1.18 bits per heavy atom. The fourth-order valence-corrected chi connectivity index (χ4v) is 2.62. The molecule has 0 spiro atoms. The van der Waals surface area contributed by atoms with Gasteiger partial charge in [0.25, 0.3) is 11.8 Å². The van der Waals surface area contributed by atoms with Crippen LogP contribution in [0.2, 0.25) is 5.15 Å². The molecule has 10 heteroatoms. The van der Waals surface area contributed by atoms with Gasteiger partial charge in [0.15, 0.2) is 6.61 Å². The molecule has 1 N–H and O–H groups in total. The van der Waals surface area contributed by atoms with E-state index in [9.17, 15) is 23.2 Å². The maximum Gasteiger partial charge on any atom is 0.387 e. The Morgan fingerprint density at radius 2 is 1.82 bits per heavy atom. The van der Waals surface area contributed by atoms with Crippen molar-refractivity contribution in [1.82, 2.24) is 10.3 Å². The second-order valence-electron chi connectivity index (χ2n) is 5.60. The van der Waals surface area contributed by atoms with Crippen LogP contribution in [-0.2, 0) is 9.53 Å². The number of nitrogens with one attached hydrogen (secondary N) is 1. The van der Waals surface area contributed by atoms with E-state index in [1.165, 1.54) is 12.1 Å². The molecule has 0 saturated carbocycles. The van der Waals surface area contributed by atoms with Crippen LogP contribution in [0.4, 0.5) is 8.78 Å². The van der Waals surface area contributed by atoms with Crippen molar-refractivity contribution < 1.29 is 32.6 Å². The van der Waals surface area contributed by atoms with Gasteiger partial charge in [0.05, 0.1) is 5.56 Å². The Bertz CT molecular complexity index is 880. The number of carbonyl (C=O) groups excluding carboxylic acids is 3. The Balaban J connectivity index is 1.91. The summed E-state index contributed by atoms with van der Waals surface area (Å²) in [6.07, 6.45) is 0. The third-order valence-electron chi connectivity index (χ3n) is 3.43. The number of hydrogen-bond acceptors (Lipinski definition) is 6. The van der Waals surface area contributed by atoms with Crippen LogP contribution in [0.3, 0.4) is 0 Å². The van der Waals surface area contributed by atoms with Gasteiger partial charge in [-0.1, -0.05) is 11.6 Å². The van der Waals surface area contributed by atoms with Gasteiger partial charge in [-0.05, 0) is 49.7 Å². The summed E-state index contributed by atoms with van der Waals surface area (Å²) in [7, 11) is 0. The maximum absolute atomic E-state index is 12.1. The first-order valence-electron chi connectivity index (χ1n) is 7.87. The van der Waals surface area contributed by atoms with Gasteiger partial charge < -0.3 is 9.47 Å². The quantitative estimate of drug-likeness (QED) is 0.579. The minimum absolute atomic E-state index is 0.0287. The highest BCUT2D eigenvalue weighted by Crippen LogP contribution is 2.19. The van der Waals surface area contributed by atoms with Crippen molar-refractivity contribution in [1.29, 1.82) is 0 Å². The van der Waals surface area contributed by atoms with Crippen LogP contribution in [0.5, 0.6) is 5.75 Å². The van der Waals surface area contributed by atoms with E-state index in [0.29, 0.717) is 11.3 Å². The van der Waals surface area contributed by atoms with Crippen LogP contribution < -0.4 is 10.1 Å². The molecule has 0 aliphatic rings. The molecule has 0 bridgehead atoms. The van der Waals surface area contributed by atoms with Gasteiger partial charge >= 0.3 is 12.6 Å². The number of benzene rings is 1. The molecule has 0 radical (unpaired) electrons. The standard InChI is InChI=1S/C18H15ClF2N2O5/c1-9-7-10(2)22-15(19)14(9)17(26)27-8-13(24)23-16(25)11-3-5-12(6-4-11)28-18(20)21/h3-7,18H,8H2,1-2H3,(H,23,24,25). The minimum atomic E-state index is -2.99. The lowest BCUT2D eigenvalue weighted by molar-refractivity contribution is -0.123. The van der Waals surface area contributed by atoms with Crippen molar-refractivity contribution >= 4 is 29.4 Å². The van der Waals surface area contributed by atoms with E-state index in [0.717, 1.165) is 12.1 Å². The van der Waals surface area contributed by atoms with Gasteiger partial charge in [0.2, 0.25) is 0 Å². The fraction of sp³-hybridized carbons (Fsp3) is 0.222. The number of carbonyl (C=O) groups is 3. The predicted molar refractivity (Wildman–Crippen MR) is 94.6 cm³/mol. The zero-order valence-electron chi connectivity index (χ0n) is 14.8. The van der Waals surface area contributed by atoms with Crippen LogP contribution in [0.15, 0.2) is 30.3 Å². The zero-order valence-corrected chi connectivity index (χ0v) is 15.5. The lowest BCUT2D eigenvalue weighted by Gasteiger charge is -2.09. The molecule has 2 amide bonds. The monoisotopic (exact) mass is 412 g/mol. The van der Waals surface area contributed by atoms with Crippen LogP contribution in [0.25, 0.3) is 0 Å². The SMILES string of the molecule is Cc1cc(C)c(C(=O)OCC(=O)NC(=O)c2ccc(OC(F)F)cc2)c(Cl)n1. The van der Waals surface area contributed by atoms with Crippen molar-refractivity contribution in [3.8, 4) is 5.75 Å². The molecule has 2 aromatic rings. The summed E-state index contributed by atoms with van der Waals surface area (Å²) in [4.78, 5) is 39.8. The smallest absolute Gasteiger partial charge is 0.387 e. The number of ether oxygens (including phenoxy) is 2. The van der Waals surface area contributed by atoms with E-state index in [4.69, 9.17) is 16.3 Å². The molecular weight excluding hydrogens is 398 g/mol. The van der Waals surface area contributed by atoms with E-state index in [1.54, 1.807) is 19.9 Å². The number of imide groups is 1. The molecule has 0 atom stereocenters. The molecule has 1 heterocycles. The van der Waals surface area contributed by atoms with Crippen LogP contribution in [0, 0.1) is 13.8 Å². The summed E-state index contributed by atoms with van der Waals surface area (Å²) < 4.78 is 33.2. The fourth-order valence-electron chi connectivity index (χ4n) is 2.26. The molecule has 1 aromatic heterocycles. The number of hydrogen-bond donors (Lipinski definition) is 1. The summed E-state index contributed by atoms with van der Waals surface area (Å²) in [5, 5.41) is 1.96. The molecule has 7 nitrogen and oxygen atoms in total. The molecule has 0 unspecified atom stereocenters. The summed E-state index contributed by atoms with van der Waals surface area (Å²) in [5.41, 5.74) is 1.21. The largest absolute Gasteiger partial charge is 0.452 e. The summed E-state index contributed by atoms with van der Waals surface area (Å²) in [6.45, 7) is -0.362. The average molecular weight is 413 g/mol. The van der Waals surface area contributed by atoms with Crippen molar-refractivity contribution in [2.75, 3.05) is 6.61 Å². The molecule has 148 valence electrons. The zero-order chi connectivity index (χ0) is 20.8. The molecule has 1 aromatic carbocycles. The number of halogens is 3. The second kappa shape index (κ2) is 9.23. The number of amides is 2. The van der Waals surface area contributed by atoms with Gasteiger partial charge in [0, 0.05) is 11.3 Å². The predicted octanol–water partition coefficient (Wildman–Crippen LogP) is 3.07. The van der Waals surface area contributed by atoms with E-state index in [2.05, 4.69) is 9.72 Å². The Hall–Kier alpha value is -3.07. The molecule has 0 fully saturated rings. The Morgan fingerprint density at radius 3 is 2.39 bits per heavy atom. The van der Waals surface area contributed by atoms with Crippen molar-refractivity contribution in [3.63, 3.8) is 0 Å². The molecular formula is C18H15ClF2N2O5. The minimum Gasteiger partial charge on any atom is -0.452 e. The third kappa shape index (κ3) is 5.71. The Labute approximate surface area is 163 Å². The van der Waals surface area contributed by atoms with Crippen LogP contribution >= 0.6 is 11.6 Å². The maximum atomic E-state index is 12.1. The number of pyridine rings is 1. The topological polar surface area (TPSA) is 94.6 Å². The number of esters is 1. The van der Waals surface area contributed by atoms with E-state index in [1.807, 2.05) is 5.32 Å². The first kappa shape index (κ1) is 21.2. The summed E-state index contributed by atoms with van der Waals surface area (Å²) >= 11 is 5.93. The Kier molecular flexibility index (Phi) is 7.00. The highest BCUT2D eigenvalue weighted by molar-refractivity contribution is 6.32. The first-order chi connectivity index (χ1) is 13.2. The lowest BCUT2D eigenvalue weighted by Crippen LogP contribution is -2.34. The van der Waals surface area contributed by atoms with E-state index in [-0.39, 0.29) is 22.0 Å².